The number of esters is 1. The first-order valence-electron chi connectivity index (χ1n) is 6.51. The van der Waals surface area contributed by atoms with E-state index in [1.54, 1.807) is 18.2 Å². The topological polar surface area (TPSA) is 64.3 Å². The molecule has 0 saturated heterocycles. The molecule has 0 saturated carbocycles. The van der Waals surface area contributed by atoms with Crippen LogP contribution >= 0.6 is 11.6 Å². The summed E-state index contributed by atoms with van der Waals surface area (Å²) in [5.41, 5.74) is 8.61. The predicted molar refractivity (Wildman–Crippen MR) is 85.7 cm³/mol. The highest BCUT2D eigenvalue weighted by Gasteiger charge is 2.12. The van der Waals surface area contributed by atoms with Crippen molar-refractivity contribution in [2.75, 3.05) is 18.2 Å². The molecule has 0 spiro atoms. The molecule has 2 aromatic rings. The molecule has 0 amide bonds. The van der Waals surface area contributed by atoms with Gasteiger partial charge in [-0.15, -0.1) is 0 Å². The Hall–Kier alpha value is -2.20. The van der Waals surface area contributed by atoms with Crippen LogP contribution in [0.2, 0.25) is 5.02 Å². The first-order valence-corrected chi connectivity index (χ1v) is 6.89. The maximum atomic E-state index is 11.4. The van der Waals surface area contributed by atoms with Crippen LogP contribution in [0.5, 0.6) is 0 Å². The fraction of sp³-hybridized carbons (Fsp3) is 0.188. The molecule has 0 radical (unpaired) electrons. The van der Waals surface area contributed by atoms with Crippen molar-refractivity contribution >= 4 is 28.9 Å². The molecule has 4 nitrogen and oxygen atoms in total. The number of nitrogen functional groups attached to an aromatic ring is 1. The number of methoxy groups -OCH3 is 1. The number of carbonyl (C=O) groups excluding carboxylic acids is 1. The van der Waals surface area contributed by atoms with Gasteiger partial charge in [-0.1, -0.05) is 29.8 Å². The summed E-state index contributed by atoms with van der Waals surface area (Å²) in [6.07, 6.45) is 0. The van der Waals surface area contributed by atoms with Gasteiger partial charge in [0.2, 0.25) is 0 Å². The fourth-order valence-corrected chi connectivity index (χ4v) is 2.38. The van der Waals surface area contributed by atoms with Crippen molar-refractivity contribution in [3.63, 3.8) is 0 Å². The van der Waals surface area contributed by atoms with E-state index < -0.39 is 5.97 Å². The highest BCUT2D eigenvalue weighted by Crippen LogP contribution is 2.28. The maximum absolute atomic E-state index is 11.4. The van der Waals surface area contributed by atoms with Gasteiger partial charge in [0.25, 0.3) is 0 Å². The number of nitrogens with two attached hydrogens (primary N) is 1. The lowest BCUT2D eigenvalue weighted by Crippen LogP contribution is -2.10. The third-order valence-corrected chi connectivity index (χ3v) is 3.56. The summed E-state index contributed by atoms with van der Waals surface area (Å²) < 4.78 is 4.66. The highest BCUT2D eigenvalue weighted by molar-refractivity contribution is 6.31. The Morgan fingerprint density at radius 1 is 1.29 bits per heavy atom. The van der Waals surface area contributed by atoms with E-state index in [1.165, 1.54) is 7.11 Å². The van der Waals surface area contributed by atoms with Gasteiger partial charge in [0.15, 0.2) is 0 Å². The molecule has 5 heteroatoms. The number of hydrogen-bond donors (Lipinski definition) is 2. The largest absolute Gasteiger partial charge is 0.465 e. The van der Waals surface area contributed by atoms with Gasteiger partial charge >= 0.3 is 5.97 Å². The van der Waals surface area contributed by atoms with Crippen LogP contribution in [0.25, 0.3) is 0 Å². The quantitative estimate of drug-likeness (QED) is 0.664. The van der Waals surface area contributed by atoms with Crippen LogP contribution < -0.4 is 11.1 Å². The van der Waals surface area contributed by atoms with Gasteiger partial charge in [-0.2, -0.15) is 0 Å². The van der Waals surface area contributed by atoms with Crippen molar-refractivity contribution in [1.82, 2.24) is 0 Å². The molecule has 1 atom stereocenters. The molecular weight excluding hydrogens is 288 g/mol. The lowest BCUT2D eigenvalue weighted by atomic mass is 10.1. The zero-order valence-corrected chi connectivity index (χ0v) is 12.6. The van der Waals surface area contributed by atoms with Crippen LogP contribution in [0.1, 0.15) is 28.9 Å². The monoisotopic (exact) mass is 304 g/mol. The van der Waals surface area contributed by atoms with E-state index in [2.05, 4.69) is 10.1 Å². The molecule has 0 aliphatic heterocycles. The highest BCUT2D eigenvalue weighted by atomic mass is 35.5. The third kappa shape index (κ3) is 3.47. The first kappa shape index (κ1) is 15.2. The Balaban J connectivity index is 2.20. The molecule has 0 bridgehead atoms. The zero-order chi connectivity index (χ0) is 15.4. The number of nitrogens with one attached hydrogen (secondary N) is 1. The second-order valence-electron chi connectivity index (χ2n) is 4.68. The first-order chi connectivity index (χ1) is 10.0. The lowest BCUT2D eigenvalue weighted by Gasteiger charge is -2.18. The normalized spacial score (nSPS) is 11.8. The van der Waals surface area contributed by atoms with Crippen molar-refractivity contribution < 1.29 is 9.53 Å². The third-order valence-electron chi connectivity index (χ3n) is 3.22. The number of ether oxygens (including phenoxy) is 1. The van der Waals surface area contributed by atoms with Crippen molar-refractivity contribution in [2.45, 2.75) is 13.0 Å². The molecule has 0 heterocycles. The van der Waals surface area contributed by atoms with Crippen molar-refractivity contribution in [3.05, 3.63) is 58.6 Å². The number of hydrogen-bond acceptors (Lipinski definition) is 4. The molecule has 21 heavy (non-hydrogen) atoms. The van der Waals surface area contributed by atoms with E-state index in [0.29, 0.717) is 16.3 Å². The fourth-order valence-electron chi connectivity index (χ4n) is 2.08. The SMILES string of the molecule is COC(=O)c1ccc(NC(C)c2ccccc2Cl)c(N)c1. The Morgan fingerprint density at radius 3 is 2.62 bits per heavy atom. The van der Waals surface area contributed by atoms with Gasteiger partial charge in [0.05, 0.1) is 30.1 Å². The van der Waals surface area contributed by atoms with Gasteiger partial charge in [-0.25, -0.2) is 4.79 Å². The summed E-state index contributed by atoms with van der Waals surface area (Å²) in [7, 11) is 1.34. The number of anilines is 2. The van der Waals surface area contributed by atoms with Gasteiger partial charge < -0.3 is 15.8 Å². The van der Waals surface area contributed by atoms with Gasteiger partial charge in [0, 0.05) is 5.02 Å². The summed E-state index contributed by atoms with van der Waals surface area (Å²) in [5.74, 6) is -0.410. The summed E-state index contributed by atoms with van der Waals surface area (Å²) >= 11 is 6.18. The second kappa shape index (κ2) is 6.50. The Labute approximate surface area is 128 Å². The molecule has 0 aliphatic rings. The van der Waals surface area contributed by atoms with Crippen molar-refractivity contribution in [2.24, 2.45) is 0 Å². The molecule has 1 unspecified atom stereocenters. The summed E-state index contributed by atoms with van der Waals surface area (Å²) in [6.45, 7) is 1.99. The van der Waals surface area contributed by atoms with Crippen LogP contribution in [0.4, 0.5) is 11.4 Å². The molecule has 3 N–H and O–H groups in total. The van der Waals surface area contributed by atoms with Crippen molar-refractivity contribution in [1.29, 1.82) is 0 Å². The van der Waals surface area contributed by atoms with E-state index in [9.17, 15) is 4.79 Å². The minimum Gasteiger partial charge on any atom is -0.465 e. The summed E-state index contributed by atoms with van der Waals surface area (Å²) in [6, 6.07) is 12.6. The number of halogens is 1. The molecule has 110 valence electrons. The molecule has 0 fully saturated rings. The van der Waals surface area contributed by atoms with E-state index in [-0.39, 0.29) is 6.04 Å². The predicted octanol–water partition coefficient (Wildman–Crippen LogP) is 3.88. The van der Waals surface area contributed by atoms with Crippen LogP contribution in [-0.2, 0) is 4.74 Å². The van der Waals surface area contributed by atoms with E-state index in [0.717, 1.165) is 11.3 Å². The average molecular weight is 305 g/mol. The van der Waals surface area contributed by atoms with Gasteiger partial charge in [-0.05, 0) is 36.8 Å². The molecule has 0 aliphatic carbocycles. The second-order valence-corrected chi connectivity index (χ2v) is 5.09. The lowest BCUT2D eigenvalue weighted by molar-refractivity contribution is 0.0601. The molecular formula is C16H17ClN2O2. The minimum absolute atomic E-state index is 0.00928. The van der Waals surface area contributed by atoms with Crippen LogP contribution in [0, 0.1) is 0 Å². The zero-order valence-electron chi connectivity index (χ0n) is 11.9. The van der Waals surface area contributed by atoms with Crippen LogP contribution in [0.15, 0.2) is 42.5 Å². The van der Waals surface area contributed by atoms with Crippen LogP contribution in [0.3, 0.4) is 0 Å². The van der Waals surface area contributed by atoms with Crippen LogP contribution in [-0.4, -0.2) is 13.1 Å². The average Bonchev–Trinajstić information content (AvgIpc) is 2.48. The maximum Gasteiger partial charge on any atom is 0.337 e. The number of benzene rings is 2. The Morgan fingerprint density at radius 2 is 2.00 bits per heavy atom. The smallest absolute Gasteiger partial charge is 0.337 e. The molecule has 2 rings (SSSR count). The number of carbonyl (C=O) groups is 1. The van der Waals surface area contributed by atoms with Gasteiger partial charge in [-0.3, -0.25) is 0 Å². The van der Waals surface area contributed by atoms with Crippen molar-refractivity contribution in [3.8, 4) is 0 Å². The van der Waals surface area contributed by atoms with E-state index in [1.807, 2.05) is 31.2 Å². The Bertz CT molecular complexity index is 658. The Kier molecular flexibility index (Phi) is 4.70. The minimum atomic E-state index is -0.410. The summed E-state index contributed by atoms with van der Waals surface area (Å²) in [5, 5.41) is 3.99. The standard InChI is InChI=1S/C16H17ClN2O2/c1-10(12-5-3-4-6-13(12)17)19-15-8-7-11(9-14(15)18)16(20)21-2/h3-10,19H,18H2,1-2H3. The van der Waals surface area contributed by atoms with E-state index in [4.69, 9.17) is 17.3 Å². The van der Waals surface area contributed by atoms with Gasteiger partial charge in [0.1, 0.15) is 0 Å². The summed E-state index contributed by atoms with van der Waals surface area (Å²) in [4.78, 5) is 11.4. The molecule has 0 aromatic heterocycles. The molecule has 2 aromatic carbocycles. The van der Waals surface area contributed by atoms with E-state index >= 15 is 0 Å². The number of rotatable bonds is 4.